The van der Waals surface area contributed by atoms with Gasteiger partial charge in [-0.05, 0) is 26.0 Å². The van der Waals surface area contributed by atoms with Crippen molar-refractivity contribution in [3.63, 3.8) is 0 Å². The number of ether oxygens (including phenoxy) is 2. The number of oxazole rings is 1. The largest absolute Gasteiger partial charge is 0.496 e. The third-order valence-corrected chi connectivity index (χ3v) is 3.76. The van der Waals surface area contributed by atoms with Gasteiger partial charge < -0.3 is 18.8 Å². The number of rotatable bonds is 3. The van der Waals surface area contributed by atoms with Crippen LogP contribution in [0.2, 0.25) is 0 Å². The van der Waals surface area contributed by atoms with Gasteiger partial charge in [0.1, 0.15) is 11.8 Å². The summed E-state index contributed by atoms with van der Waals surface area (Å²) >= 11 is 0. The van der Waals surface area contributed by atoms with Crippen molar-refractivity contribution in [3.05, 3.63) is 30.0 Å². The monoisotopic (exact) mass is 313 g/mol. The molecule has 0 spiro atoms. The summed E-state index contributed by atoms with van der Waals surface area (Å²) in [4.78, 5) is 6.36. The zero-order chi connectivity index (χ0) is 16.4. The number of aromatic nitrogens is 1. The zero-order valence-corrected chi connectivity index (χ0v) is 13.4. The summed E-state index contributed by atoms with van der Waals surface area (Å²) in [7, 11) is 1.60. The molecule has 0 bridgehead atoms. The maximum absolute atomic E-state index is 9.41. The fraction of sp³-hybridized carbons (Fsp3) is 0.412. The highest BCUT2D eigenvalue weighted by Gasteiger charge is 2.28. The van der Waals surface area contributed by atoms with Crippen LogP contribution in [0.3, 0.4) is 0 Å². The minimum Gasteiger partial charge on any atom is -0.496 e. The van der Waals surface area contributed by atoms with Crippen molar-refractivity contribution >= 4 is 5.88 Å². The molecule has 2 atom stereocenters. The molecule has 2 heterocycles. The lowest BCUT2D eigenvalue weighted by Crippen LogP contribution is -2.45. The Morgan fingerprint density at radius 2 is 1.96 bits per heavy atom. The topological polar surface area (TPSA) is 71.5 Å². The van der Waals surface area contributed by atoms with Crippen molar-refractivity contribution in [3.8, 4) is 23.3 Å². The van der Waals surface area contributed by atoms with Crippen LogP contribution in [0, 0.1) is 11.3 Å². The molecular weight excluding hydrogens is 294 g/mol. The van der Waals surface area contributed by atoms with Gasteiger partial charge in [0.25, 0.3) is 0 Å². The van der Waals surface area contributed by atoms with Gasteiger partial charge in [-0.25, -0.2) is 0 Å². The summed E-state index contributed by atoms with van der Waals surface area (Å²) in [6, 6.07) is 9.58. The first-order valence-electron chi connectivity index (χ1n) is 7.57. The summed E-state index contributed by atoms with van der Waals surface area (Å²) in [6.45, 7) is 5.34. The molecule has 1 aromatic carbocycles. The van der Waals surface area contributed by atoms with Crippen LogP contribution < -0.4 is 9.64 Å². The van der Waals surface area contributed by atoms with Crippen molar-refractivity contribution < 1.29 is 13.9 Å². The Hall–Kier alpha value is -2.52. The molecule has 0 N–H and O–H groups in total. The van der Waals surface area contributed by atoms with Gasteiger partial charge >= 0.3 is 0 Å². The van der Waals surface area contributed by atoms with Gasteiger partial charge in [0, 0.05) is 13.1 Å². The molecule has 0 aliphatic carbocycles. The maximum atomic E-state index is 9.41. The SMILES string of the molecule is COc1ccccc1-c1nc(C#N)c(N2C[C@@H](C)O[C@@H](C)C2)o1. The Balaban J connectivity index is 2.00. The van der Waals surface area contributed by atoms with E-state index in [1.165, 1.54) is 0 Å². The molecule has 23 heavy (non-hydrogen) atoms. The number of nitriles is 1. The minimum atomic E-state index is 0.0742. The van der Waals surface area contributed by atoms with Crippen LogP contribution in [0.5, 0.6) is 5.75 Å². The van der Waals surface area contributed by atoms with Crippen LogP contribution in [0.4, 0.5) is 5.88 Å². The van der Waals surface area contributed by atoms with Gasteiger partial charge in [-0.15, -0.1) is 0 Å². The molecule has 6 nitrogen and oxygen atoms in total. The predicted octanol–water partition coefficient (Wildman–Crippen LogP) is 2.84. The molecule has 1 saturated heterocycles. The van der Waals surface area contributed by atoms with Crippen molar-refractivity contribution in [2.24, 2.45) is 0 Å². The molecule has 1 fully saturated rings. The van der Waals surface area contributed by atoms with Gasteiger partial charge in [-0.1, -0.05) is 12.1 Å². The number of nitrogens with zero attached hydrogens (tertiary/aromatic N) is 3. The molecule has 0 amide bonds. The number of morpholine rings is 1. The first kappa shape index (κ1) is 15.4. The zero-order valence-electron chi connectivity index (χ0n) is 13.4. The number of hydrogen-bond acceptors (Lipinski definition) is 6. The quantitative estimate of drug-likeness (QED) is 0.867. The Kier molecular flexibility index (Phi) is 4.22. The van der Waals surface area contributed by atoms with Crippen LogP contribution in [-0.2, 0) is 4.74 Å². The first-order chi connectivity index (χ1) is 11.1. The Bertz CT molecular complexity index is 725. The van der Waals surface area contributed by atoms with Crippen LogP contribution in [0.25, 0.3) is 11.5 Å². The van der Waals surface area contributed by atoms with Crippen LogP contribution in [0.15, 0.2) is 28.7 Å². The number of para-hydroxylation sites is 1. The smallest absolute Gasteiger partial charge is 0.235 e. The van der Waals surface area contributed by atoms with E-state index in [4.69, 9.17) is 13.9 Å². The summed E-state index contributed by atoms with van der Waals surface area (Å²) < 4.78 is 17.0. The maximum Gasteiger partial charge on any atom is 0.235 e. The standard InChI is InChI=1S/C17H19N3O3/c1-11-9-20(10-12(2)22-11)17-14(8-18)19-16(23-17)13-6-4-5-7-15(13)21-3/h4-7,11-12H,9-10H2,1-3H3/t11-,12+. The first-order valence-corrected chi connectivity index (χ1v) is 7.57. The molecule has 2 aromatic rings. The number of anilines is 1. The third-order valence-electron chi connectivity index (χ3n) is 3.76. The molecule has 120 valence electrons. The second kappa shape index (κ2) is 6.31. The molecule has 3 rings (SSSR count). The van der Waals surface area contributed by atoms with E-state index in [1.807, 2.05) is 43.0 Å². The average Bonchev–Trinajstić information content (AvgIpc) is 2.98. The molecule has 0 radical (unpaired) electrons. The van der Waals surface area contributed by atoms with Crippen molar-refractivity contribution in [2.75, 3.05) is 25.1 Å². The van der Waals surface area contributed by atoms with Crippen LogP contribution in [-0.4, -0.2) is 37.4 Å². The highest BCUT2D eigenvalue weighted by Crippen LogP contribution is 2.34. The van der Waals surface area contributed by atoms with E-state index in [0.29, 0.717) is 30.6 Å². The van der Waals surface area contributed by atoms with Gasteiger partial charge in [0.2, 0.25) is 17.5 Å². The van der Waals surface area contributed by atoms with Crippen molar-refractivity contribution in [2.45, 2.75) is 26.1 Å². The van der Waals surface area contributed by atoms with E-state index in [-0.39, 0.29) is 17.9 Å². The number of benzene rings is 1. The average molecular weight is 313 g/mol. The lowest BCUT2D eigenvalue weighted by molar-refractivity contribution is -0.00638. The third kappa shape index (κ3) is 3.01. The van der Waals surface area contributed by atoms with Gasteiger partial charge in [0.15, 0.2) is 0 Å². The Morgan fingerprint density at radius 3 is 2.61 bits per heavy atom. The molecule has 0 saturated carbocycles. The highest BCUT2D eigenvalue weighted by molar-refractivity contribution is 5.65. The highest BCUT2D eigenvalue weighted by atomic mass is 16.5. The van der Waals surface area contributed by atoms with Crippen LogP contribution in [0.1, 0.15) is 19.5 Å². The summed E-state index contributed by atoms with van der Waals surface area (Å²) in [5, 5.41) is 9.41. The number of methoxy groups -OCH3 is 1. The van der Waals surface area contributed by atoms with Crippen molar-refractivity contribution in [1.29, 1.82) is 5.26 Å². The van der Waals surface area contributed by atoms with Crippen LogP contribution >= 0.6 is 0 Å². The van der Waals surface area contributed by atoms with Gasteiger partial charge in [0.05, 0.1) is 24.9 Å². The lowest BCUT2D eigenvalue weighted by Gasteiger charge is -2.34. The molecule has 0 unspecified atom stereocenters. The van der Waals surface area contributed by atoms with E-state index < -0.39 is 0 Å². The van der Waals surface area contributed by atoms with E-state index in [2.05, 4.69) is 11.1 Å². The van der Waals surface area contributed by atoms with Gasteiger partial charge in [-0.3, -0.25) is 0 Å². The Morgan fingerprint density at radius 1 is 1.26 bits per heavy atom. The van der Waals surface area contributed by atoms with E-state index in [0.717, 1.165) is 5.56 Å². The van der Waals surface area contributed by atoms with E-state index in [1.54, 1.807) is 7.11 Å². The molecule has 6 heteroatoms. The molecule has 1 aliphatic heterocycles. The predicted molar refractivity (Wildman–Crippen MR) is 85.4 cm³/mol. The molecule has 1 aliphatic rings. The lowest BCUT2D eigenvalue weighted by atomic mass is 10.2. The summed E-state index contributed by atoms with van der Waals surface area (Å²) in [6.07, 6.45) is 0.148. The van der Waals surface area contributed by atoms with E-state index in [9.17, 15) is 5.26 Å². The summed E-state index contributed by atoms with van der Waals surface area (Å²) in [5.41, 5.74) is 1.01. The molecule has 1 aromatic heterocycles. The second-order valence-electron chi connectivity index (χ2n) is 5.65. The summed E-state index contributed by atoms with van der Waals surface area (Å²) in [5.74, 6) is 1.55. The van der Waals surface area contributed by atoms with Gasteiger partial charge in [-0.2, -0.15) is 10.2 Å². The molecular formula is C17H19N3O3. The number of hydrogen-bond donors (Lipinski definition) is 0. The van der Waals surface area contributed by atoms with Crippen molar-refractivity contribution in [1.82, 2.24) is 4.98 Å². The fourth-order valence-electron chi connectivity index (χ4n) is 2.88. The second-order valence-corrected chi connectivity index (χ2v) is 5.65. The fourth-order valence-corrected chi connectivity index (χ4v) is 2.88. The Labute approximate surface area is 135 Å². The normalized spacial score (nSPS) is 21.0. The van der Waals surface area contributed by atoms with E-state index >= 15 is 0 Å². The minimum absolute atomic E-state index is 0.0742.